The van der Waals surface area contributed by atoms with Crippen molar-refractivity contribution in [1.82, 2.24) is 0 Å². The Bertz CT molecular complexity index is 393. The molecule has 0 radical (unpaired) electrons. The fraction of sp³-hybridized carbons (Fsp3) is 0.300. The Morgan fingerprint density at radius 1 is 1.60 bits per heavy atom. The van der Waals surface area contributed by atoms with Gasteiger partial charge in [-0.15, -0.1) is 0 Å². The minimum absolute atomic E-state index is 0.00502. The molecule has 5 heteroatoms. The second-order valence-electron chi connectivity index (χ2n) is 3.22. The maximum atomic E-state index is 13.4. The van der Waals surface area contributed by atoms with Gasteiger partial charge in [0.2, 0.25) is 0 Å². The maximum Gasteiger partial charge on any atom is 0.151 e. The van der Waals surface area contributed by atoms with Crippen molar-refractivity contribution in [3.8, 4) is 5.75 Å². The first-order valence-corrected chi connectivity index (χ1v) is 4.66. The number of carbonyl (C=O) groups is 1. The van der Waals surface area contributed by atoms with Crippen molar-refractivity contribution in [1.29, 1.82) is 0 Å². The third-order valence-corrected chi connectivity index (χ3v) is 2.48. The highest BCUT2D eigenvalue weighted by atomic mass is 35.5. The predicted octanol–water partition coefficient (Wildman–Crippen LogP) is 3.02. The maximum absolute atomic E-state index is 13.4. The van der Waals surface area contributed by atoms with E-state index in [1.807, 2.05) is 0 Å². The molecule has 0 aromatic heterocycles. The number of carbonyl (C=O) groups excluding carboxylic acids is 1. The molecule has 0 aliphatic rings. The molecule has 15 heavy (non-hydrogen) atoms. The van der Waals surface area contributed by atoms with Crippen LogP contribution in [-0.4, -0.2) is 11.4 Å². The topological polar surface area (TPSA) is 37.3 Å². The molecule has 2 nitrogen and oxygen atoms in total. The molecular weight excluding hydrogens is 226 g/mol. The first-order valence-electron chi connectivity index (χ1n) is 4.29. The van der Waals surface area contributed by atoms with Crippen LogP contribution in [0.1, 0.15) is 24.8 Å². The van der Waals surface area contributed by atoms with Gasteiger partial charge in [0.25, 0.3) is 0 Å². The monoisotopic (exact) mass is 234 g/mol. The average molecular weight is 235 g/mol. The summed E-state index contributed by atoms with van der Waals surface area (Å²) in [6.45, 7) is 1.50. The van der Waals surface area contributed by atoms with Crippen LogP contribution in [0.3, 0.4) is 0 Å². The summed E-state index contributed by atoms with van der Waals surface area (Å²) in [5.41, 5.74) is -0.273. The SMILES string of the molecule is CC(CC=O)c1c(F)cc(O)c(Cl)c1F. The molecule has 0 aliphatic heterocycles. The van der Waals surface area contributed by atoms with Crippen LogP contribution >= 0.6 is 11.6 Å². The summed E-state index contributed by atoms with van der Waals surface area (Å²) < 4.78 is 26.7. The molecule has 1 aromatic rings. The van der Waals surface area contributed by atoms with E-state index in [-0.39, 0.29) is 12.0 Å². The van der Waals surface area contributed by atoms with Crippen molar-refractivity contribution in [2.45, 2.75) is 19.3 Å². The normalized spacial score (nSPS) is 12.5. The van der Waals surface area contributed by atoms with Gasteiger partial charge in [0.05, 0.1) is 0 Å². The Labute approximate surface area is 90.5 Å². The molecule has 0 saturated heterocycles. The zero-order valence-corrected chi connectivity index (χ0v) is 8.68. The number of hydrogen-bond acceptors (Lipinski definition) is 2. The van der Waals surface area contributed by atoms with Crippen LogP contribution < -0.4 is 0 Å². The Balaban J connectivity index is 3.28. The number of rotatable bonds is 3. The van der Waals surface area contributed by atoms with E-state index < -0.39 is 28.3 Å². The van der Waals surface area contributed by atoms with Gasteiger partial charge >= 0.3 is 0 Å². The predicted molar refractivity (Wildman–Crippen MR) is 52.1 cm³/mol. The zero-order chi connectivity index (χ0) is 11.6. The van der Waals surface area contributed by atoms with Crippen molar-refractivity contribution >= 4 is 17.9 Å². The molecule has 0 bridgehead atoms. The van der Waals surface area contributed by atoms with E-state index in [1.54, 1.807) is 0 Å². The highest BCUT2D eigenvalue weighted by molar-refractivity contribution is 6.32. The van der Waals surface area contributed by atoms with Crippen LogP contribution in [0.2, 0.25) is 5.02 Å². The van der Waals surface area contributed by atoms with Crippen LogP contribution in [0.4, 0.5) is 8.78 Å². The standard InChI is InChI=1S/C10H9ClF2O2/c1-5(2-3-14)8-6(12)4-7(15)9(11)10(8)13/h3-5,15H,2H2,1H3. The average Bonchev–Trinajstić information content (AvgIpc) is 2.15. The number of aldehydes is 1. The van der Waals surface area contributed by atoms with Gasteiger partial charge in [-0.25, -0.2) is 8.78 Å². The molecule has 0 spiro atoms. The summed E-state index contributed by atoms with van der Waals surface area (Å²) >= 11 is 5.42. The Kier molecular flexibility index (Phi) is 3.63. The number of halogens is 3. The molecule has 1 atom stereocenters. The summed E-state index contributed by atoms with van der Waals surface area (Å²) in [5.74, 6) is -3.17. The quantitative estimate of drug-likeness (QED) is 0.645. The van der Waals surface area contributed by atoms with Crippen molar-refractivity contribution in [2.75, 3.05) is 0 Å². The lowest BCUT2D eigenvalue weighted by Crippen LogP contribution is -2.03. The number of phenols is 1. The van der Waals surface area contributed by atoms with Gasteiger partial charge in [-0.1, -0.05) is 18.5 Å². The Hall–Kier alpha value is -1.16. The van der Waals surface area contributed by atoms with E-state index in [0.29, 0.717) is 6.29 Å². The van der Waals surface area contributed by atoms with Crippen molar-refractivity contribution in [3.05, 3.63) is 28.3 Å². The van der Waals surface area contributed by atoms with E-state index in [1.165, 1.54) is 6.92 Å². The molecule has 0 amide bonds. The molecule has 1 N–H and O–H groups in total. The van der Waals surface area contributed by atoms with Crippen LogP contribution in [0, 0.1) is 11.6 Å². The zero-order valence-electron chi connectivity index (χ0n) is 7.93. The van der Waals surface area contributed by atoms with Gasteiger partial charge in [-0.3, -0.25) is 0 Å². The largest absolute Gasteiger partial charge is 0.506 e. The Morgan fingerprint density at radius 2 is 2.20 bits per heavy atom. The Morgan fingerprint density at radius 3 is 2.73 bits per heavy atom. The third kappa shape index (κ3) is 2.26. The van der Waals surface area contributed by atoms with Crippen molar-refractivity contribution < 1.29 is 18.7 Å². The molecule has 0 fully saturated rings. The van der Waals surface area contributed by atoms with E-state index >= 15 is 0 Å². The number of hydrogen-bond donors (Lipinski definition) is 1. The van der Waals surface area contributed by atoms with Crippen LogP contribution in [-0.2, 0) is 4.79 Å². The van der Waals surface area contributed by atoms with Crippen molar-refractivity contribution in [2.24, 2.45) is 0 Å². The van der Waals surface area contributed by atoms with Crippen LogP contribution in [0.15, 0.2) is 6.07 Å². The molecule has 0 saturated carbocycles. The first kappa shape index (κ1) is 11.9. The van der Waals surface area contributed by atoms with E-state index in [9.17, 15) is 13.6 Å². The summed E-state index contributed by atoms with van der Waals surface area (Å²) in [6.07, 6.45) is 0.569. The van der Waals surface area contributed by atoms with Gasteiger partial charge in [0, 0.05) is 18.1 Å². The highest BCUT2D eigenvalue weighted by Gasteiger charge is 2.21. The van der Waals surface area contributed by atoms with Crippen molar-refractivity contribution in [3.63, 3.8) is 0 Å². The molecule has 82 valence electrons. The van der Waals surface area contributed by atoms with E-state index in [0.717, 1.165) is 6.07 Å². The molecule has 1 unspecified atom stereocenters. The van der Waals surface area contributed by atoms with Crippen LogP contribution in [0.5, 0.6) is 5.75 Å². The molecule has 0 aliphatic carbocycles. The highest BCUT2D eigenvalue weighted by Crippen LogP contribution is 2.34. The molecule has 1 rings (SSSR count). The summed E-state index contributed by atoms with van der Waals surface area (Å²) in [7, 11) is 0. The lowest BCUT2D eigenvalue weighted by molar-refractivity contribution is -0.108. The first-order chi connectivity index (χ1) is 6.99. The third-order valence-electron chi connectivity index (χ3n) is 2.12. The van der Waals surface area contributed by atoms with Gasteiger partial charge in [-0.05, 0) is 5.92 Å². The van der Waals surface area contributed by atoms with Gasteiger partial charge in [0.15, 0.2) is 5.82 Å². The smallest absolute Gasteiger partial charge is 0.151 e. The van der Waals surface area contributed by atoms with E-state index in [2.05, 4.69) is 0 Å². The lowest BCUT2D eigenvalue weighted by Gasteiger charge is -2.12. The van der Waals surface area contributed by atoms with E-state index in [4.69, 9.17) is 16.7 Å². The van der Waals surface area contributed by atoms with Gasteiger partial charge in [-0.2, -0.15) is 0 Å². The summed E-state index contributed by atoms with van der Waals surface area (Å²) in [6, 6.07) is 0.738. The summed E-state index contributed by atoms with van der Waals surface area (Å²) in [4.78, 5) is 10.2. The minimum Gasteiger partial charge on any atom is -0.506 e. The fourth-order valence-electron chi connectivity index (χ4n) is 1.31. The van der Waals surface area contributed by atoms with Crippen LogP contribution in [0.25, 0.3) is 0 Å². The number of benzene rings is 1. The number of aromatic hydroxyl groups is 1. The van der Waals surface area contributed by atoms with Gasteiger partial charge in [0.1, 0.15) is 22.9 Å². The molecular formula is C10H9ClF2O2. The lowest BCUT2D eigenvalue weighted by atomic mass is 9.97. The molecule has 0 heterocycles. The second kappa shape index (κ2) is 4.57. The second-order valence-corrected chi connectivity index (χ2v) is 3.60. The molecule has 1 aromatic carbocycles. The summed E-state index contributed by atoms with van der Waals surface area (Å²) in [5, 5.41) is 8.51. The van der Waals surface area contributed by atoms with Gasteiger partial charge < -0.3 is 9.90 Å². The minimum atomic E-state index is -1.01. The fourth-order valence-corrected chi connectivity index (χ4v) is 1.47. The number of phenolic OH excluding ortho intramolecular Hbond substituents is 1.